The fourth-order valence-electron chi connectivity index (χ4n) is 2.83. The van der Waals surface area contributed by atoms with Gasteiger partial charge in [-0.3, -0.25) is 4.79 Å². The van der Waals surface area contributed by atoms with Crippen LogP contribution in [0.5, 0.6) is 0 Å². The Balaban J connectivity index is 2.31. The number of nitrogens with two attached hydrogens (primary N) is 1. The number of rotatable bonds is 3. The summed E-state index contributed by atoms with van der Waals surface area (Å²) in [7, 11) is 1.68. The van der Waals surface area contributed by atoms with Crippen molar-refractivity contribution < 1.29 is 4.79 Å². The van der Waals surface area contributed by atoms with Gasteiger partial charge in [0.2, 0.25) is 5.91 Å². The molecule has 1 fully saturated rings. The highest BCUT2D eigenvalue weighted by atomic mass is 16.2. The van der Waals surface area contributed by atoms with E-state index in [0.717, 1.165) is 24.3 Å². The average Bonchev–Trinajstić information content (AvgIpc) is 2.81. The van der Waals surface area contributed by atoms with Crippen LogP contribution in [0.4, 0.5) is 11.6 Å². The molecule has 1 aliphatic heterocycles. The summed E-state index contributed by atoms with van der Waals surface area (Å²) in [6.45, 7) is 7.60. The van der Waals surface area contributed by atoms with E-state index >= 15 is 0 Å². The molecule has 0 saturated carbocycles. The largest absolute Gasteiger partial charge is 0.383 e. The van der Waals surface area contributed by atoms with E-state index < -0.39 is 0 Å². The molecule has 6 nitrogen and oxygen atoms in total. The first kappa shape index (κ1) is 14.6. The molecule has 1 aromatic rings. The molecule has 1 unspecified atom stereocenters. The first-order valence-corrected chi connectivity index (χ1v) is 6.96. The number of anilines is 2. The lowest BCUT2D eigenvalue weighted by Crippen LogP contribution is -2.39. The van der Waals surface area contributed by atoms with E-state index in [-0.39, 0.29) is 17.2 Å². The predicted octanol–water partition coefficient (Wildman–Crippen LogP) is 1.14. The molecule has 1 aliphatic rings. The maximum absolute atomic E-state index is 12.0. The van der Waals surface area contributed by atoms with Crippen molar-refractivity contribution in [2.45, 2.75) is 33.1 Å². The van der Waals surface area contributed by atoms with Crippen LogP contribution in [-0.4, -0.2) is 36.0 Å². The number of carbonyl (C=O) groups excluding carboxylic acids is 1. The van der Waals surface area contributed by atoms with Crippen LogP contribution >= 0.6 is 0 Å². The summed E-state index contributed by atoms with van der Waals surface area (Å²) in [5, 5.41) is 2.75. The quantitative estimate of drug-likeness (QED) is 0.865. The third kappa shape index (κ3) is 2.42. The fraction of sp³-hybridized carbons (Fsp3) is 0.643. The molecule has 1 saturated heterocycles. The Morgan fingerprint density at radius 1 is 1.50 bits per heavy atom. The van der Waals surface area contributed by atoms with Crippen LogP contribution in [0, 0.1) is 5.41 Å². The standard InChI is InChI=1S/C14H23N5O/c1-9(2)10-11(15)17-8-18-12(10)19-6-5-14(3,7-19)13(20)16-4/h8-9H,5-7H2,1-4H3,(H,16,20)(H2,15,17,18). The molecular formula is C14H23N5O. The Morgan fingerprint density at radius 2 is 2.20 bits per heavy atom. The van der Waals surface area contributed by atoms with Crippen molar-refractivity contribution in [3.05, 3.63) is 11.9 Å². The zero-order valence-corrected chi connectivity index (χ0v) is 12.6. The van der Waals surface area contributed by atoms with Crippen LogP contribution in [0.25, 0.3) is 0 Å². The van der Waals surface area contributed by atoms with Crippen LogP contribution < -0.4 is 16.0 Å². The average molecular weight is 277 g/mol. The lowest BCUT2D eigenvalue weighted by atomic mass is 9.89. The van der Waals surface area contributed by atoms with E-state index in [4.69, 9.17) is 5.73 Å². The summed E-state index contributed by atoms with van der Waals surface area (Å²) in [4.78, 5) is 22.6. The zero-order chi connectivity index (χ0) is 14.9. The van der Waals surface area contributed by atoms with Crippen molar-refractivity contribution >= 4 is 17.5 Å². The van der Waals surface area contributed by atoms with Gasteiger partial charge < -0.3 is 16.0 Å². The van der Waals surface area contributed by atoms with Crippen molar-refractivity contribution in [1.29, 1.82) is 0 Å². The fourth-order valence-corrected chi connectivity index (χ4v) is 2.83. The van der Waals surface area contributed by atoms with E-state index in [2.05, 4.69) is 34.0 Å². The van der Waals surface area contributed by atoms with Gasteiger partial charge in [0, 0.05) is 25.7 Å². The molecule has 6 heteroatoms. The van der Waals surface area contributed by atoms with Crippen molar-refractivity contribution in [2.24, 2.45) is 5.41 Å². The van der Waals surface area contributed by atoms with Gasteiger partial charge in [0.25, 0.3) is 0 Å². The summed E-state index contributed by atoms with van der Waals surface area (Å²) in [6.07, 6.45) is 2.31. The Labute approximate surface area is 119 Å². The lowest BCUT2D eigenvalue weighted by Gasteiger charge is -2.25. The third-order valence-corrected chi connectivity index (χ3v) is 4.02. The summed E-state index contributed by atoms with van der Waals surface area (Å²) >= 11 is 0. The van der Waals surface area contributed by atoms with Gasteiger partial charge in [-0.2, -0.15) is 0 Å². The van der Waals surface area contributed by atoms with Gasteiger partial charge in [0.05, 0.1) is 5.41 Å². The number of aromatic nitrogens is 2. The maximum atomic E-state index is 12.0. The highest BCUT2D eigenvalue weighted by Gasteiger charge is 2.41. The summed E-state index contributed by atoms with van der Waals surface area (Å²) in [5.41, 5.74) is 6.58. The van der Waals surface area contributed by atoms with Gasteiger partial charge in [0.15, 0.2) is 0 Å². The number of nitrogen functional groups attached to an aromatic ring is 1. The first-order valence-electron chi connectivity index (χ1n) is 6.96. The minimum atomic E-state index is -0.372. The normalized spacial score (nSPS) is 22.4. The van der Waals surface area contributed by atoms with Gasteiger partial charge in [-0.25, -0.2) is 9.97 Å². The topological polar surface area (TPSA) is 84.1 Å². The molecular weight excluding hydrogens is 254 g/mol. The Kier molecular flexibility index (Phi) is 3.83. The number of nitrogens with one attached hydrogen (secondary N) is 1. The molecule has 0 radical (unpaired) electrons. The lowest BCUT2D eigenvalue weighted by molar-refractivity contribution is -0.128. The molecule has 0 bridgehead atoms. The van der Waals surface area contributed by atoms with Crippen molar-refractivity contribution in [3.63, 3.8) is 0 Å². The number of hydrogen-bond acceptors (Lipinski definition) is 5. The van der Waals surface area contributed by atoms with E-state index in [0.29, 0.717) is 12.4 Å². The first-order chi connectivity index (χ1) is 9.39. The highest BCUT2D eigenvalue weighted by Crippen LogP contribution is 2.36. The Bertz CT molecular complexity index is 516. The molecule has 3 N–H and O–H groups in total. The number of amides is 1. The zero-order valence-electron chi connectivity index (χ0n) is 12.6. The van der Waals surface area contributed by atoms with E-state index in [1.54, 1.807) is 7.05 Å². The monoisotopic (exact) mass is 277 g/mol. The van der Waals surface area contributed by atoms with E-state index in [9.17, 15) is 4.79 Å². The second-order valence-corrected chi connectivity index (χ2v) is 5.96. The second kappa shape index (κ2) is 5.26. The highest BCUT2D eigenvalue weighted by molar-refractivity contribution is 5.83. The van der Waals surface area contributed by atoms with E-state index in [1.807, 2.05) is 6.92 Å². The van der Waals surface area contributed by atoms with Crippen LogP contribution in [0.15, 0.2) is 6.33 Å². The summed E-state index contributed by atoms with van der Waals surface area (Å²) < 4.78 is 0. The second-order valence-electron chi connectivity index (χ2n) is 5.96. The van der Waals surface area contributed by atoms with E-state index in [1.165, 1.54) is 6.33 Å². The summed E-state index contributed by atoms with van der Waals surface area (Å²) in [6, 6.07) is 0. The van der Waals surface area contributed by atoms with Crippen molar-refractivity contribution in [2.75, 3.05) is 30.8 Å². The maximum Gasteiger partial charge on any atom is 0.227 e. The molecule has 1 amide bonds. The molecule has 1 atom stereocenters. The Hall–Kier alpha value is -1.85. The molecule has 1 aromatic heterocycles. The van der Waals surface area contributed by atoms with Crippen LogP contribution in [0.1, 0.15) is 38.7 Å². The van der Waals surface area contributed by atoms with Gasteiger partial charge in [-0.15, -0.1) is 0 Å². The van der Waals surface area contributed by atoms with Crippen LogP contribution in [0.3, 0.4) is 0 Å². The molecule has 110 valence electrons. The van der Waals surface area contributed by atoms with Crippen molar-refractivity contribution in [3.8, 4) is 0 Å². The predicted molar refractivity (Wildman–Crippen MR) is 79.5 cm³/mol. The SMILES string of the molecule is CNC(=O)C1(C)CCN(c2ncnc(N)c2C(C)C)C1. The molecule has 2 rings (SSSR count). The summed E-state index contributed by atoms with van der Waals surface area (Å²) in [5.74, 6) is 1.71. The number of carbonyl (C=O) groups is 1. The minimum Gasteiger partial charge on any atom is -0.383 e. The van der Waals surface area contributed by atoms with Crippen LogP contribution in [0.2, 0.25) is 0 Å². The molecule has 0 aliphatic carbocycles. The van der Waals surface area contributed by atoms with Gasteiger partial charge in [-0.1, -0.05) is 13.8 Å². The number of hydrogen-bond donors (Lipinski definition) is 2. The number of nitrogens with zero attached hydrogens (tertiary/aromatic N) is 3. The molecule has 0 spiro atoms. The molecule has 20 heavy (non-hydrogen) atoms. The molecule has 0 aromatic carbocycles. The van der Waals surface area contributed by atoms with Gasteiger partial charge in [-0.05, 0) is 19.3 Å². The smallest absolute Gasteiger partial charge is 0.227 e. The Morgan fingerprint density at radius 3 is 2.80 bits per heavy atom. The van der Waals surface area contributed by atoms with Gasteiger partial charge in [0.1, 0.15) is 18.0 Å². The third-order valence-electron chi connectivity index (χ3n) is 4.02. The minimum absolute atomic E-state index is 0.0770. The molecule has 2 heterocycles. The van der Waals surface area contributed by atoms with Crippen molar-refractivity contribution in [1.82, 2.24) is 15.3 Å². The van der Waals surface area contributed by atoms with Crippen LogP contribution in [-0.2, 0) is 4.79 Å². The van der Waals surface area contributed by atoms with Gasteiger partial charge >= 0.3 is 0 Å².